The van der Waals surface area contributed by atoms with Gasteiger partial charge in [-0.1, -0.05) is 127 Å². The molecule has 0 aromatic heterocycles. The molecule has 0 radical (unpaired) electrons. The minimum atomic E-state index is 0.0518. The van der Waals surface area contributed by atoms with Crippen molar-refractivity contribution in [1.29, 1.82) is 0 Å². The second-order valence-electron chi connectivity index (χ2n) is 13.3. The lowest BCUT2D eigenvalue weighted by atomic mass is 9.91. The molecule has 2 heteroatoms. The van der Waals surface area contributed by atoms with Gasteiger partial charge in [-0.05, 0) is 115 Å². The second kappa shape index (κ2) is 11.6. The van der Waals surface area contributed by atoms with E-state index in [9.17, 15) is 0 Å². The summed E-state index contributed by atoms with van der Waals surface area (Å²) in [5.74, 6) is 1.18. The van der Waals surface area contributed by atoms with Crippen LogP contribution in [0.4, 0.5) is 17.1 Å². The van der Waals surface area contributed by atoms with Gasteiger partial charge in [-0.2, -0.15) is 0 Å². The van der Waals surface area contributed by atoms with Gasteiger partial charge >= 0.3 is 0 Å². The molecule has 0 fully saturated rings. The molecule has 0 bridgehead atoms. The summed E-state index contributed by atoms with van der Waals surface area (Å²) in [6, 6.07) is 59.6. The lowest BCUT2D eigenvalue weighted by molar-refractivity contribution is 0.269. The summed E-state index contributed by atoms with van der Waals surface area (Å²) in [7, 11) is 0. The van der Waals surface area contributed by atoms with Crippen LogP contribution in [0.2, 0.25) is 0 Å². The number of rotatable bonds is 5. The Morgan fingerprint density at radius 1 is 0.420 bits per heavy atom. The Labute approximate surface area is 291 Å². The van der Waals surface area contributed by atoms with Crippen molar-refractivity contribution in [3.63, 3.8) is 0 Å². The van der Waals surface area contributed by atoms with Crippen LogP contribution in [-0.4, -0.2) is 6.10 Å². The molecule has 1 aliphatic carbocycles. The number of hydrogen-bond donors (Lipinski definition) is 0. The quantitative estimate of drug-likeness (QED) is 0.174. The van der Waals surface area contributed by atoms with Crippen LogP contribution in [0.15, 0.2) is 188 Å². The lowest BCUT2D eigenvalue weighted by Gasteiger charge is -2.27. The Kier molecular flexibility index (Phi) is 6.67. The van der Waals surface area contributed by atoms with E-state index >= 15 is 0 Å². The number of nitrogens with zero attached hydrogens (tertiary/aromatic N) is 1. The van der Waals surface area contributed by atoms with E-state index < -0.39 is 0 Å². The molecule has 10 rings (SSSR count). The van der Waals surface area contributed by atoms with Crippen LogP contribution in [0.1, 0.15) is 11.5 Å². The molecule has 1 aliphatic heterocycles. The highest BCUT2D eigenvalue weighted by Crippen LogP contribution is 2.46. The zero-order valence-electron chi connectivity index (χ0n) is 27.4. The van der Waals surface area contributed by atoms with Crippen molar-refractivity contribution in [2.24, 2.45) is 0 Å². The van der Waals surface area contributed by atoms with Gasteiger partial charge in [0.2, 0.25) is 0 Å². The molecule has 50 heavy (non-hydrogen) atoms. The monoisotopic (exact) mass is 639 g/mol. The van der Waals surface area contributed by atoms with Crippen molar-refractivity contribution in [2.75, 3.05) is 4.90 Å². The smallest absolute Gasteiger partial charge is 0.128 e. The minimum Gasteiger partial charge on any atom is -0.485 e. The standard InChI is InChI=1S/C48H33NO/c1-2-10-35-29-36(18-17-32(35)9-1)33-19-23-38(24-20-33)49(40-27-28-48-46(31-40)44-15-7-8-16-47(44)50-48)39-25-21-34(22-26-39)45-30-37-11-3-4-12-41(37)42-13-5-6-14-43(42)45/h1-31,44,47H. The fourth-order valence-electron chi connectivity index (χ4n) is 7.87. The molecule has 1 heterocycles. The summed E-state index contributed by atoms with van der Waals surface area (Å²) in [6.07, 6.45) is 8.67. The maximum absolute atomic E-state index is 6.33. The fraction of sp³-hybridized carbons (Fsp3) is 0.0417. The van der Waals surface area contributed by atoms with E-state index in [1.807, 2.05) is 0 Å². The average Bonchev–Trinajstić information content (AvgIpc) is 3.56. The van der Waals surface area contributed by atoms with E-state index in [-0.39, 0.29) is 12.0 Å². The van der Waals surface area contributed by atoms with E-state index in [0.717, 1.165) is 22.8 Å². The molecule has 0 spiro atoms. The van der Waals surface area contributed by atoms with Crippen molar-refractivity contribution < 1.29 is 4.74 Å². The van der Waals surface area contributed by atoms with E-state index in [0.29, 0.717) is 0 Å². The van der Waals surface area contributed by atoms with Gasteiger partial charge in [0, 0.05) is 28.5 Å². The zero-order valence-corrected chi connectivity index (χ0v) is 27.4. The molecule has 2 atom stereocenters. The number of benzene rings is 8. The zero-order chi connectivity index (χ0) is 33.0. The summed E-state index contributed by atoms with van der Waals surface area (Å²) in [4.78, 5) is 2.36. The van der Waals surface area contributed by atoms with Crippen LogP contribution in [0, 0.1) is 0 Å². The Morgan fingerprint density at radius 3 is 1.84 bits per heavy atom. The maximum atomic E-state index is 6.33. The molecular formula is C48H33NO. The van der Waals surface area contributed by atoms with Crippen LogP contribution in [0.25, 0.3) is 54.6 Å². The first kappa shape index (κ1) is 28.6. The molecule has 8 aromatic carbocycles. The molecular weight excluding hydrogens is 607 g/mol. The molecule has 0 amide bonds. The Morgan fingerprint density at radius 2 is 1.04 bits per heavy atom. The van der Waals surface area contributed by atoms with Crippen molar-refractivity contribution >= 4 is 49.4 Å². The molecule has 2 aliphatic rings. The van der Waals surface area contributed by atoms with E-state index in [4.69, 9.17) is 4.74 Å². The third-order valence-electron chi connectivity index (χ3n) is 10.4. The van der Waals surface area contributed by atoms with Gasteiger partial charge in [0.05, 0.1) is 0 Å². The maximum Gasteiger partial charge on any atom is 0.128 e. The van der Waals surface area contributed by atoms with Gasteiger partial charge in [0.1, 0.15) is 11.9 Å². The predicted octanol–water partition coefficient (Wildman–Crippen LogP) is 12.9. The van der Waals surface area contributed by atoms with E-state index in [1.165, 1.54) is 60.1 Å². The van der Waals surface area contributed by atoms with E-state index in [2.05, 4.69) is 193 Å². The number of allylic oxidation sites excluding steroid dienone is 2. The van der Waals surface area contributed by atoms with Crippen LogP contribution in [-0.2, 0) is 0 Å². The molecule has 8 aromatic rings. The van der Waals surface area contributed by atoms with Gasteiger partial charge < -0.3 is 9.64 Å². The molecule has 2 nitrogen and oxygen atoms in total. The van der Waals surface area contributed by atoms with Crippen molar-refractivity contribution in [3.05, 3.63) is 194 Å². The first-order chi connectivity index (χ1) is 24.8. The largest absolute Gasteiger partial charge is 0.485 e. The van der Waals surface area contributed by atoms with Gasteiger partial charge in [0.25, 0.3) is 0 Å². The van der Waals surface area contributed by atoms with Crippen LogP contribution in [0.5, 0.6) is 5.75 Å². The second-order valence-corrected chi connectivity index (χ2v) is 13.3. The van der Waals surface area contributed by atoms with Gasteiger partial charge in [-0.3, -0.25) is 0 Å². The van der Waals surface area contributed by atoms with Crippen molar-refractivity contribution in [3.8, 4) is 28.0 Å². The SMILES string of the molecule is C1=CC2Oc3ccc(N(c4ccc(-c5ccc6ccccc6c5)cc4)c4ccc(-c5cc6ccccc6c6ccccc56)cc4)cc3C2C=C1. The average molecular weight is 640 g/mol. The van der Waals surface area contributed by atoms with Crippen LogP contribution in [0.3, 0.4) is 0 Å². The number of hydrogen-bond acceptors (Lipinski definition) is 2. The predicted molar refractivity (Wildman–Crippen MR) is 210 cm³/mol. The lowest BCUT2D eigenvalue weighted by Crippen LogP contribution is -2.15. The third kappa shape index (κ3) is 4.80. The Hall–Kier alpha value is -6.38. The Bertz CT molecular complexity index is 2630. The summed E-state index contributed by atoms with van der Waals surface area (Å²) in [6.45, 7) is 0. The van der Waals surface area contributed by atoms with Crippen LogP contribution < -0.4 is 9.64 Å². The highest BCUT2D eigenvalue weighted by Gasteiger charge is 2.32. The highest BCUT2D eigenvalue weighted by atomic mass is 16.5. The molecule has 236 valence electrons. The first-order valence-electron chi connectivity index (χ1n) is 17.3. The van der Waals surface area contributed by atoms with Gasteiger partial charge in [-0.15, -0.1) is 0 Å². The molecule has 0 saturated carbocycles. The number of fused-ring (bicyclic) bond motifs is 7. The summed E-state index contributed by atoms with van der Waals surface area (Å²) < 4.78 is 6.33. The van der Waals surface area contributed by atoms with Crippen molar-refractivity contribution in [1.82, 2.24) is 0 Å². The molecule has 0 N–H and O–H groups in total. The van der Waals surface area contributed by atoms with Gasteiger partial charge in [-0.25, -0.2) is 0 Å². The van der Waals surface area contributed by atoms with Crippen LogP contribution >= 0.6 is 0 Å². The number of ether oxygens (including phenoxy) is 1. The third-order valence-corrected chi connectivity index (χ3v) is 10.4. The first-order valence-corrected chi connectivity index (χ1v) is 17.3. The summed E-state index contributed by atoms with van der Waals surface area (Å²) >= 11 is 0. The molecule has 2 unspecified atom stereocenters. The summed E-state index contributed by atoms with van der Waals surface area (Å²) in [5, 5.41) is 7.59. The summed E-state index contributed by atoms with van der Waals surface area (Å²) in [5.41, 5.74) is 9.40. The van der Waals surface area contributed by atoms with E-state index in [1.54, 1.807) is 0 Å². The minimum absolute atomic E-state index is 0.0518. The fourth-order valence-corrected chi connectivity index (χ4v) is 7.87. The normalized spacial score (nSPS) is 16.0. The topological polar surface area (TPSA) is 12.5 Å². The van der Waals surface area contributed by atoms with Crippen molar-refractivity contribution in [2.45, 2.75) is 12.0 Å². The van der Waals surface area contributed by atoms with Gasteiger partial charge in [0.15, 0.2) is 0 Å². The molecule has 0 saturated heterocycles. The number of anilines is 3. The highest BCUT2D eigenvalue weighted by molar-refractivity contribution is 6.13. The Balaban J connectivity index is 1.07.